The summed E-state index contributed by atoms with van der Waals surface area (Å²) in [6, 6.07) is 22.1. The molecule has 4 rings (SSSR count). The van der Waals surface area contributed by atoms with Gasteiger partial charge < -0.3 is 39.6 Å². The number of rotatable bonds is 33. The lowest BCUT2D eigenvalue weighted by Crippen LogP contribution is -2.14. The van der Waals surface area contributed by atoms with Crippen LogP contribution in [0.25, 0.3) is 11.1 Å². The molecule has 0 amide bonds. The molecule has 16 heteroatoms. The number of carboxylic acid groups (broad SMARTS) is 2. The summed E-state index contributed by atoms with van der Waals surface area (Å²) in [5.74, 6) is -3.56. The van der Waals surface area contributed by atoms with Gasteiger partial charge in [0.15, 0.2) is 5.75 Å². The summed E-state index contributed by atoms with van der Waals surface area (Å²) in [7, 11) is 0. The summed E-state index contributed by atoms with van der Waals surface area (Å²) < 4.78 is 26.7. The summed E-state index contributed by atoms with van der Waals surface area (Å²) in [5.41, 5.74) is 6.52. The fourth-order valence-corrected chi connectivity index (χ4v) is 7.05. The normalized spacial score (nSPS) is 10.5. The van der Waals surface area contributed by atoms with Gasteiger partial charge in [-0.05, 0) is 80.1 Å². The van der Waals surface area contributed by atoms with Gasteiger partial charge in [-0.1, -0.05) is 121 Å². The molecule has 0 aliphatic rings. The minimum Gasteiger partial charge on any atom is -0.494 e. The minimum atomic E-state index is -1.40. The van der Waals surface area contributed by atoms with E-state index in [0.29, 0.717) is 36.4 Å². The quantitative estimate of drug-likeness (QED) is 0.00765. The van der Waals surface area contributed by atoms with Crippen LogP contribution in [0.3, 0.4) is 0 Å². The van der Waals surface area contributed by atoms with Crippen LogP contribution in [0.15, 0.2) is 97.6 Å². The van der Waals surface area contributed by atoms with E-state index in [-0.39, 0.29) is 59.3 Å². The highest BCUT2D eigenvalue weighted by atomic mass is 16.6. The molecule has 0 saturated carbocycles. The molecule has 0 saturated heterocycles. The second kappa shape index (κ2) is 33.3. The smallest absolute Gasteiger partial charge is 0.339 e. The van der Waals surface area contributed by atoms with Gasteiger partial charge in [0.1, 0.15) is 5.75 Å². The summed E-state index contributed by atoms with van der Waals surface area (Å²) in [6.07, 6.45) is 19.0. The molecule has 16 nitrogen and oxygen atoms in total. The third-order valence-corrected chi connectivity index (χ3v) is 10.9. The number of aromatic carboxylic acids is 2. The first-order chi connectivity index (χ1) is 33.9. The number of nitrogens with zero attached hydrogens (tertiary/aromatic N) is 1. The molecule has 0 fully saturated rings. The second-order valence-corrected chi connectivity index (χ2v) is 16.4. The molecule has 4 N–H and O–H groups in total. The van der Waals surface area contributed by atoms with Gasteiger partial charge in [0.25, 0.3) is 0 Å². The van der Waals surface area contributed by atoms with Crippen molar-refractivity contribution in [3.05, 3.63) is 130 Å². The van der Waals surface area contributed by atoms with Gasteiger partial charge in [0.05, 0.1) is 60.2 Å². The van der Waals surface area contributed by atoms with Crippen LogP contribution in [0.2, 0.25) is 0 Å². The number of nitro benzene ring substituents is 1. The van der Waals surface area contributed by atoms with Crippen molar-refractivity contribution in [3.63, 3.8) is 0 Å². The van der Waals surface area contributed by atoms with Crippen molar-refractivity contribution in [2.24, 2.45) is 0 Å². The average molecular weight is 969 g/mol. The van der Waals surface area contributed by atoms with Crippen LogP contribution in [0.1, 0.15) is 158 Å². The first-order valence-electron chi connectivity index (χ1n) is 24.1. The topological polar surface area (TPSA) is 241 Å². The van der Waals surface area contributed by atoms with Crippen LogP contribution >= 0.6 is 0 Å². The number of nitrogens with two attached hydrogens (primary N) is 1. The summed E-state index contributed by atoms with van der Waals surface area (Å²) >= 11 is 0. The minimum absolute atomic E-state index is 0.00631. The number of esters is 3. The largest absolute Gasteiger partial charge is 0.494 e. The van der Waals surface area contributed by atoms with Crippen LogP contribution in [0.4, 0.5) is 11.4 Å². The molecule has 0 aliphatic carbocycles. The van der Waals surface area contributed by atoms with Gasteiger partial charge in [-0.2, -0.15) is 0 Å². The maximum Gasteiger partial charge on any atom is 0.339 e. The third-order valence-electron chi connectivity index (χ3n) is 10.9. The number of unbranched alkanes of at least 4 members (excludes halogenated alkanes) is 14. The number of nitrogen functional groups attached to an aromatic ring is 1. The van der Waals surface area contributed by atoms with Gasteiger partial charge in [-0.3, -0.25) is 10.1 Å². The van der Waals surface area contributed by atoms with E-state index < -0.39 is 28.8 Å². The third kappa shape index (κ3) is 21.8. The van der Waals surface area contributed by atoms with Crippen LogP contribution in [0.5, 0.6) is 11.5 Å². The van der Waals surface area contributed by atoms with Gasteiger partial charge >= 0.3 is 35.5 Å². The molecule has 0 radical (unpaired) electrons. The lowest BCUT2D eigenvalue weighted by atomic mass is 10.0. The number of nitro groups is 1. The van der Waals surface area contributed by atoms with Crippen molar-refractivity contribution in [3.8, 4) is 22.6 Å². The molecule has 0 heterocycles. The highest BCUT2D eigenvalue weighted by molar-refractivity contribution is 6.04. The van der Waals surface area contributed by atoms with Crippen LogP contribution < -0.4 is 15.2 Å². The monoisotopic (exact) mass is 968 g/mol. The fourth-order valence-electron chi connectivity index (χ4n) is 7.05. The van der Waals surface area contributed by atoms with E-state index in [9.17, 15) is 39.2 Å². The zero-order valence-electron chi connectivity index (χ0n) is 40.2. The number of anilines is 1. The number of benzene rings is 4. The number of carbonyl (C=O) groups is 5. The van der Waals surface area contributed by atoms with Crippen molar-refractivity contribution in [2.45, 2.75) is 116 Å². The summed E-state index contributed by atoms with van der Waals surface area (Å²) in [4.78, 5) is 69.5. The molecule has 0 bridgehead atoms. The standard InChI is InChI=1S/C34H38N2O11.C20H30O3/c1-2-3-4-5-6-7-16-45-30-21-28(35)26(20-29(30)36(43)44)22-10-12-23(13-11-22)33(41)46-17-8-9-18-47-34(42)27-19-24(31(37)38)14-15-25(27)32(39)40;1-2-20(21)23-18-14-9-7-5-3-4-6-8-13-17-22-19-15-11-10-12-16-19/h10-15,19-21H,2-9,16-18,35H2,1H3,(H,37,38)(H,39,40);2,10-12,15-16H,1,3-9,13-14,17-18H2. The SMILES string of the molecule is C=CC(=O)OCCCCCCCCCCCOc1ccccc1.CCCCCCCCOc1cc(N)c(-c2ccc(C(=O)OCCCCOC(=O)c3cc(C(=O)O)ccc3C(=O)O)cc2)cc1[N+](=O)[O-]. The molecule has 0 spiro atoms. The van der Waals surface area contributed by atoms with Crippen molar-refractivity contribution in [1.29, 1.82) is 0 Å². The first kappa shape index (κ1) is 57.1. The number of hydrogen-bond acceptors (Lipinski definition) is 13. The zero-order chi connectivity index (χ0) is 50.9. The number of carbonyl (C=O) groups excluding carboxylic acids is 3. The van der Waals surface area contributed by atoms with Crippen molar-refractivity contribution < 1.29 is 62.8 Å². The Morgan fingerprint density at radius 2 is 1.10 bits per heavy atom. The van der Waals surface area contributed by atoms with Gasteiger partial charge in [-0.15, -0.1) is 0 Å². The summed E-state index contributed by atoms with van der Waals surface area (Å²) in [5, 5.41) is 30.2. The van der Waals surface area contributed by atoms with Crippen molar-refractivity contribution in [1.82, 2.24) is 0 Å². The number of para-hydroxylation sites is 1. The maximum absolute atomic E-state index is 12.5. The van der Waals surface area contributed by atoms with Crippen molar-refractivity contribution >= 4 is 41.2 Å². The van der Waals surface area contributed by atoms with E-state index in [1.807, 2.05) is 30.3 Å². The van der Waals surface area contributed by atoms with E-state index in [1.54, 1.807) is 12.1 Å². The van der Waals surface area contributed by atoms with Gasteiger partial charge in [0.2, 0.25) is 0 Å². The number of hydrogen-bond donors (Lipinski definition) is 3. The Kier molecular flexibility index (Phi) is 27.2. The molecule has 70 heavy (non-hydrogen) atoms. The van der Waals surface area contributed by atoms with Gasteiger partial charge in [0, 0.05) is 29.5 Å². The summed E-state index contributed by atoms with van der Waals surface area (Å²) in [6.45, 7) is 7.09. The van der Waals surface area contributed by atoms with E-state index >= 15 is 0 Å². The molecule has 378 valence electrons. The average Bonchev–Trinajstić information content (AvgIpc) is 3.36. The van der Waals surface area contributed by atoms with Crippen LogP contribution in [-0.4, -0.2) is 78.0 Å². The van der Waals surface area contributed by atoms with E-state index in [1.165, 1.54) is 75.3 Å². The zero-order valence-corrected chi connectivity index (χ0v) is 40.2. The molecular formula is C54H68N2O14. The Labute approximate surface area is 410 Å². The second-order valence-electron chi connectivity index (χ2n) is 16.4. The predicted octanol–water partition coefficient (Wildman–Crippen LogP) is 12.1. The molecule has 4 aromatic carbocycles. The van der Waals surface area contributed by atoms with E-state index in [4.69, 9.17) is 34.5 Å². The molecule has 0 aromatic heterocycles. The highest BCUT2D eigenvalue weighted by Gasteiger charge is 2.22. The lowest BCUT2D eigenvalue weighted by Gasteiger charge is -2.12. The Morgan fingerprint density at radius 1 is 0.586 bits per heavy atom. The first-order valence-corrected chi connectivity index (χ1v) is 24.1. The predicted molar refractivity (Wildman–Crippen MR) is 267 cm³/mol. The highest BCUT2D eigenvalue weighted by Crippen LogP contribution is 2.37. The molecule has 0 atom stereocenters. The lowest BCUT2D eigenvalue weighted by molar-refractivity contribution is -0.385. The van der Waals surface area contributed by atoms with Crippen LogP contribution in [-0.2, 0) is 19.0 Å². The Morgan fingerprint density at radius 3 is 1.66 bits per heavy atom. The van der Waals surface area contributed by atoms with E-state index in [2.05, 4.69) is 13.5 Å². The Balaban J connectivity index is 0.000000472. The fraction of sp³-hybridized carbons (Fsp3) is 0.426. The van der Waals surface area contributed by atoms with E-state index in [0.717, 1.165) is 81.9 Å². The Bertz CT molecular complexity index is 2260. The van der Waals surface area contributed by atoms with Crippen molar-refractivity contribution in [2.75, 3.05) is 38.8 Å². The maximum atomic E-state index is 12.5. The molecular weight excluding hydrogens is 901 g/mol. The molecule has 4 aromatic rings. The van der Waals surface area contributed by atoms with Crippen LogP contribution in [0, 0.1) is 10.1 Å². The molecule has 0 aliphatic heterocycles. The molecule has 0 unspecified atom stereocenters. The number of ether oxygens (including phenoxy) is 5. The Hall–Kier alpha value is -7.23. The van der Waals surface area contributed by atoms with Gasteiger partial charge in [-0.25, -0.2) is 24.0 Å². The number of carboxylic acids is 2.